The van der Waals surface area contributed by atoms with Gasteiger partial charge in [-0.1, -0.05) is 48.0 Å². The fourth-order valence-corrected chi connectivity index (χ4v) is 2.66. The first-order chi connectivity index (χ1) is 12.1. The van der Waals surface area contributed by atoms with E-state index < -0.39 is 6.10 Å². The van der Waals surface area contributed by atoms with Crippen molar-refractivity contribution in [2.45, 2.75) is 19.1 Å². The van der Waals surface area contributed by atoms with Crippen molar-refractivity contribution in [2.75, 3.05) is 0 Å². The van der Waals surface area contributed by atoms with Crippen LogP contribution in [0.5, 0.6) is 5.75 Å². The molecule has 4 nitrogen and oxygen atoms in total. The maximum Gasteiger partial charge on any atom is 0.261 e. The molecule has 3 aromatic rings. The molecular formula is C20H18ClNO3. The second kappa shape index (κ2) is 7.90. The molecule has 2 aromatic carbocycles. The minimum Gasteiger partial charge on any atom is -0.481 e. The number of nitrogens with one attached hydrogen (secondary N) is 1. The smallest absolute Gasteiger partial charge is 0.261 e. The van der Waals surface area contributed by atoms with Gasteiger partial charge in [-0.15, -0.1) is 0 Å². The van der Waals surface area contributed by atoms with E-state index in [9.17, 15) is 4.79 Å². The maximum absolute atomic E-state index is 12.6. The van der Waals surface area contributed by atoms with Gasteiger partial charge in [-0.05, 0) is 42.8 Å². The Balaban J connectivity index is 1.74. The summed E-state index contributed by atoms with van der Waals surface area (Å²) >= 11 is 5.95. The van der Waals surface area contributed by atoms with Crippen molar-refractivity contribution in [3.8, 4) is 5.75 Å². The van der Waals surface area contributed by atoms with E-state index in [2.05, 4.69) is 5.32 Å². The standard InChI is InChI=1S/C20H18ClNO3/c1-14(25-17-10-5-9-16(21)13-17)20(23)22-19(18-11-6-12-24-18)15-7-3-2-4-8-15/h2-14,19H,1H3,(H,22,23). The van der Waals surface area contributed by atoms with Gasteiger partial charge in [0.05, 0.1) is 6.26 Å². The van der Waals surface area contributed by atoms with Crippen LogP contribution in [0.15, 0.2) is 77.4 Å². The van der Waals surface area contributed by atoms with Crippen molar-refractivity contribution in [2.24, 2.45) is 0 Å². The van der Waals surface area contributed by atoms with Crippen LogP contribution in [0, 0.1) is 0 Å². The number of carbonyl (C=O) groups excluding carboxylic acids is 1. The number of halogens is 1. The number of benzene rings is 2. The lowest BCUT2D eigenvalue weighted by Gasteiger charge is -2.20. The zero-order valence-electron chi connectivity index (χ0n) is 13.7. The highest BCUT2D eigenvalue weighted by molar-refractivity contribution is 6.30. The summed E-state index contributed by atoms with van der Waals surface area (Å²) < 4.78 is 11.2. The average molecular weight is 356 g/mol. The second-order valence-corrected chi connectivity index (χ2v) is 6.02. The topological polar surface area (TPSA) is 51.5 Å². The van der Waals surface area contributed by atoms with E-state index in [0.717, 1.165) is 5.56 Å². The molecule has 0 aliphatic rings. The number of rotatable bonds is 6. The van der Waals surface area contributed by atoms with Crippen LogP contribution in [0.25, 0.3) is 0 Å². The summed E-state index contributed by atoms with van der Waals surface area (Å²) in [5.74, 6) is 0.962. The summed E-state index contributed by atoms with van der Waals surface area (Å²) in [5, 5.41) is 3.54. The highest BCUT2D eigenvalue weighted by Crippen LogP contribution is 2.23. The summed E-state index contributed by atoms with van der Waals surface area (Å²) in [6, 6.07) is 19.9. The van der Waals surface area contributed by atoms with E-state index in [4.69, 9.17) is 20.8 Å². The number of furan rings is 1. The first-order valence-electron chi connectivity index (χ1n) is 7.94. The van der Waals surface area contributed by atoms with Gasteiger partial charge >= 0.3 is 0 Å². The van der Waals surface area contributed by atoms with Crippen LogP contribution in [-0.2, 0) is 4.79 Å². The van der Waals surface area contributed by atoms with Gasteiger partial charge in [-0.3, -0.25) is 4.79 Å². The summed E-state index contributed by atoms with van der Waals surface area (Å²) in [7, 11) is 0. The SMILES string of the molecule is CC(Oc1cccc(Cl)c1)C(=O)NC(c1ccccc1)c1ccco1. The minimum atomic E-state index is -0.681. The number of ether oxygens (including phenoxy) is 1. The monoisotopic (exact) mass is 355 g/mol. The molecule has 5 heteroatoms. The van der Waals surface area contributed by atoms with Crippen LogP contribution < -0.4 is 10.1 Å². The number of hydrogen-bond acceptors (Lipinski definition) is 3. The lowest BCUT2D eigenvalue weighted by Crippen LogP contribution is -2.38. The van der Waals surface area contributed by atoms with Crippen molar-refractivity contribution >= 4 is 17.5 Å². The molecule has 0 saturated heterocycles. The minimum absolute atomic E-state index is 0.245. The Labute approximate surface area is 151 Å². The van der Waals surface area contributed by atoms with E-state index in [1.165, 1.54) is 0 Å². The molecule has 0 aliphatic carbocycles. The van der Waals surface area contributed by atoms with Crippen LogP contribution in [0.2, 0.25) is 5.02 Å². The molecule has 1 N–H and O–H groups in total. The van der Waals surface area contributed by atoms with Gasteiger partial charge in [0.1, 0.15) is 17.6 Å². The van der Waals surface area contributed by atoms with Crippen molar-refractivity contribution in [1.82, 2.24) is 5.32 Å². The van der Waals surface area contributed by atoms with Crippen LogP contribution in [0.1, 0.15) is 24.3 Å². The summed E-state index contributed by atoms with van der Waals surface area (Å²) in [5.41, 5.74) is 0.931. The van der Waals surface area contributed by atoms with E-state index in [1.54, 1.807) is 43.5 Å². The number of carbonyl (C=O) groups is 1. The Morgan fingerprint density at radius 1 is 1.08 bits per heavy atom. The predicted molar refractivity (Wildman–Crippen MR) is 96.7 cm³/mol. The number of hydrogen-bond donors (Lipinski definition) is 1. The predicted octanol–water partition coefficient (Wildman–Crippen LogP) is 4.61. The molecule has 1 aromatic heterocycles. The fourth-order valence-electron chi connectivity index (χ4n) is 2.48. The molecule has 0 bridgehead atoms. The molecule has 0 spiro atoms. The Morgan fingerprint density at radius 3 is 2.56 bits per heavy atom. The van der Waals surface area contributed by atoms with Gasteiger partial charge in [0.15, 0.2) is 6.10 Å². The maximum atomic E-state index is 12.6. The largest absolute Gasteiger partial charge is 0.481 e. The fraction of sp³-hybridized carbons (Fsp3) is 0.150. The molecule has 0 aliphatic heterocycles. The van der Waals surface area contributed by atoms with Crippen LogP contribution in [0.3, 0.4) is 0 Å². The van der Waals surface area contributed by atoms with Gasteiger partial charge in [-0.25, -0.2) is 0 Å². The Hall–Kier alpha value is -2.72. The second-order valence-electron chi connectivity index (χ2n) is 5.59. The molecule has 2 unspecified atom stereocenters. The van der Waals surface area contributed by atoms with E-state index in [0.29, 0.717) is 16.5 Å². The molecule has 128 valence electrons. The van der Waals surface area contributed by atoms with E-state index >= 15 is 0 Å². The van der Waals surface area contributed by atoms with Gasteiger partial charge in [0.25, 0.3) is 5.91 Å². The highest BCUT2D eigenvalue weighted by Gasteiger charge is 2.23. The summed E-state index contributed by atoms with van der Waals surface area (Å²) in [4.78, 5) is 12.6. The zero-order valence-corrected chi connectivity index (χ0v) is 14.4. The van der Waals surface area contributed by atoms with Gasteiger partial charge in [-0.2, -0.15) is 0 Å². The zero-order chi connectivity index (χ0) is 17.6. The van der Waals surface area contributed by atoms with Gasteiger partial charge < -0.3 is 14.5 Å². The van der Waals surface area contributed by atoms with E-state index in [-0.39, 0.29) is 11.9 Å². The van der Waals surface area contributed by atoms with Crippen LogP contribution in [0.4, 0.5) is 0 Å². The Bertz CT molecular complexity index is 818. The third kappa shape index (κ3) is 4.43. The van der Waals surface area contributed by atoms with Crippen molar-refractivity contribution in [3.05, 3.63) is 89.3 Å². The molecular weight excluding hydrogens is 338 g/mol. The Morgan fingerprint density at radius 2 is 1.88 bits per heavy atom. The third-order valence-corrected chi connectivity index (χ3v) is 3.96. The molecule has 1 amide bonds. The lowest BCUT2D eigenvalue weighted by atomic mass is 10.0. The summed E-state index contributed by atoms with van der Waals surface area (Å²) in [6.45, 7) is 1.69. The van der Waals surface area contributed by atoms with Crippen molar-refractivity contribution in [1.29, 1.82) is 0 Å². The first-order valence-corrected chi connectivity index (χ1v) is 8.32. The average Bonchev–Trinajstić information content (AvgIpc) is 3.14. The molecule has 1 heterocycles. The lowest BCUT2D eigenvalue weighted by molar-refractivity contribution is -0.127. The Kier molecular flexibility index (Phi) is 5.41. The van der Waals surface area contributed by atoms with Crippen molar-refractivity contribution < 1.29 is 13.9 Å². The van der Waals surface area contributed by atoms with Crippen LogP contribution >= 0.6 is 11.6 Å². The summed E-state index contributed by atoms with van der Waals surface area (Å²) in [6.07, 6.45) is 0.906. The van der Waals surface area contributed by atoms with Crippen LogP contribution in [-0.4, -0.2) is 12.0 Å². The molecule has 2 atom stereocenters. The third-order valence-electron chi connectivity index (χ3n) is 3.73. The number of amides is 1. The quantitative estimate of drug-likeness (QED) is 0.702. The van der Waals surface area contributed by atoms with Crippen molar-refractivity contribution in [3.63, 3.8) is 0 Å². The van der Waals surface area contributed by atoms with E-state index in [1.807, 2.05) is 36.4 Å². The molecule has 0 radical (unpaired) electrons. The highest BCUT2D eigenvalue weighted by atomic mass is 35.5. The normalized spacial score (nSPS) is 13.0. The molecule has 0 saturated carbocycles. The van der Waals surface area contributed by atoms with Gasteiger partial charge in [0, 0.05) is 5.02 Å². The molecule has 3 rings (SSSR count). The molecule has 25 heavy (non-hydrogen) atoms. The van der Waals surface area contributed by atoms with Gasteiger partial charge in [0.2, 0.25) is 0 Å². The molecule has 0 fully saturated rings. The first kappa shape index (κ1) is 17.1.